The van der Waals surface area contributed by atoms with Gasteiger partial charge in [0.25, 0.3) is 5.89 Å². The van der Waals surface area contributed by atoms with Crippen LogP contribution in [-0.2, 0) is 6.61 Å². The van der Waals surface area contributed by atoms with Crippen molar-refractivity contribution in [3.05, 3.63) is 64.0 Å². The molecule has 3 rings (SSSR count). The van der Waals surface area contributed by atoms with Gasteiger partial charge in [0, 0.05) is 10.0 Å². The summed E-state index contributed by atoms with van der Waals surface area (Å²) in [5, 5.41) is 3.98. The highest BCUT2D eigenvalue weighted by atomic mass is 79.9. The van der Waals surface area contributed by atoms with E-state index in [9.17, 15) is 0 Å². The smallest absolute Gasteiger partial charge is 0.264 e. The Morgan fingerprint density at radius 2 is 1.95 bits per heavy atom. The second kappa shape index (κ2) is 6.32. The molecule has 0 saturated heterocycles. The minimum atomic E-state index is 0.253. The fourth-order valence-electron chi connectivity index (χ4n) is 2.01. The zero-order valence-corrected chi connectivity index (χ0v) is 13.9. The van der Waals surface area contributed by atoms with Crippen LogP contribution in [-0.4, -0.2) is 10.1 Å². The molecule has 0 aliphatic rings. The Morgan fingerprint density at radius 3 is 2.73 bits per heavy atom. The number of halogens is 1. The first kappa shape index (κ1) is 14.8. The number of hydrogen-bond donors (Lipinski definition) is 0. The van der Waals surface area contributed by atoms with E-state index in [1.54, 1.807) is 0 Å². The Morgan fingerprint density at radius 1 is 1.09 bits per heavy atom. The fourth-order valence-corrected chi connectivity index (χ4v) is 2.41. The maximum absolute atomic E-state index is 5.70. The molecule has 0 fully saturated rings. The fraction of sp³-hybridized carbons (Fsp3) is 0.176. The molecule has 0 bridgehead atoms. The first-order chi connectivity index (χ1) is 10.6. The standard InChI is InChI=1S/C17H15BrN2O2/c1-11-6-7-15(8-12(11)2)21-10-16-19-17(20-22-16)13-4-3-5-14(18)9-13/h3-9H,10H2,1-2H3. The molecule has 22 heavy (non-hydrogen) atoms. The average molecular weight is 359 g/mol. The van der Waals surface area contributed by atoms with Gasteiger partial charge in [-0.15, -0.1) is 0 Å². The molecule has 5 heteroatoms. The van der Waals surface area contributed by atoms with Crippen LogP contribution in [0, 0.1) is 13.8 Å². The van der Waals surface area contributed by atoms with E-state index >= 15 is 0 Å². The molecule has 0 saturated carbocycles. The number of rotatable bonds is 4. The summed E-state index contributed by atoms with van der Waals surface area (Å²) in [5.74, 6) is 1.80. The Labute approximate surface area is 137 Å². The molecule has 0 amide bonds. The predicted octanol–water partition coefficient (Wildman–Crippen LogP) is 4.69. The zero-order chi connectivity index (χ0) is 15.5. The average Bonchev–Trinajstić information content (AvgIpc) is 2.97. The molecular formula is C17H15BrN2O2. The van der Waals surface area contributed by atoms with E-state index in [4.69, 9.17) is 9.26 Å². The molecule has 0 radical (unpaired) electrons. The van der Waals surface area contributed by atoms with Crippen molar-refractivity contribution in [2.24, 2.45) is 0 Å². The van der Waals surface area contributed by atoms with Gasteiger partial charge in [0.05, 0.1) is 0 Å². The lowest BCUT2D eigenvalue weighted by molar-refractivity contribution is 0.243. The Bertz CT molecular complexity index is 799. The van der Waals surface area contributed by atoms with Gasteiger partial charge >= 0.3 is 0 Å². The molecule has 0 spiro atoms. The van der Waals surface area contributed by atoms with E-state index in [0.717, 1.165) is 15.8 Å². The summed E-state index contributed by atoms with van der Waals surface area (Å²) in [4.78, 5) is 4.35. The quantitative estimate of drug-likeness (QED) is 0.678. The lowest BCUT2D eigenvalue weighted by atomic mass is 10.1. The van der Waals surface area contributed by atoms with Crippen molar-refractivity contribution in [2.45, 2.75) is 20.5 Å². The molecule has 2 aromatic carbocycles. The number of nitrogens with zero attached hydrogens (tertiary/aromatic N) is 2. The van der Waals surface area contributed by atoms with Crippen molar-refractivity contribution in [1.82, 2.24) is 10.1 Å². The molecule has 0 aliphatic heterocycles. The van der Waals surface area contributed by atoms with Crippen LogP contribution in [0.4, 0.5) is 0 Å². The molecule has 0 unspecified atom stereocenters. The number of ether oxygens (including phenoxy) is 1. The van der Waals surface area contributed by atoms with Gasteiger partial charge in [-0.3, -0.25) is 0 Å². The van der Waals surface area contributed by atoms with E-state index in [2.05, 4.69) is 39.9 Å². The highest BCUT2D eigenvalue weighted by molar-refractivity contribution is 9.10. The SMILES string of the molecule is Cc1ccc(OCc2nc(-c3cccc(Br)c3)no2)cc1C. The van der Waals surface area contributed by atoms with Gasteiger partial charge in [0.1, 0.15) is 5.75 Å². The molecule has 4 nitrogen and oxygen atoms in total. The zero-order valence-electron chi connectivity index (χ0n) is 12.3. The highest BCUT2D eigenvalue weighted by Crippen LogP contribution is 2.21. The Balaban J connectivity index is 1.70. The first-order valence-corrected chi connectivity index (χ1v) is 7.70. The summed E-state index contributed by atoms with van der Waals surface area (Å²) in [6, 6.07) is 13.7. The van der Waals surface area contributed by atoms with Gasteiger partial charge in [0.2, 0.25) is 5.82 Å². The predicted molar refractivity (Wildman–Crippen MR) is 87.7 cm³/mol. The van der Waals surface area contributed by atoms with E-state index < -0.39 is 0 Å². The van der Waals surface area contributed by atoms with Crippen LogP contribution in [0.3, 0.4) is 0 Å². The Kier molecular flexibility index (Phi) is 4.24. The summed E-state index contributed by atoms with van der Waals surface area (Å²) in [7, 11) is 0. The Hall–Kier alpha value is -2.14. The molecular weight excluding hydrogens is 344 g/mol. The minimum Gasteiger partial charge on any atom is -0.484 e. The first-order valence-electron chi connectivity index (χ1n) is 6.90. The van der Waals surface area contributed by atoms with Crippen molar-refractivity contribution >= 4 is 15.9 Å². The lowest BCUT2D eigenvalue weighted by Gasteiger charge is -2.05. The summed E-state index contributed by atoms with van der Waals surface area (Å²) < 4.78 is 11.9. The number of aromatic nitrogens is 2. The number of aryl methyl sites for hydroxylation is 2. The molecule has 3 aromatic rings. The second-order valence-electron chi connectivity index (χ2n) is 5.06. The third-order valence-electron chi connectivity index (χ3n) is 3.39. The van der Waals surface area contributed by atoms with E-state index in [1.165, 1.54) is 11.1 Å². The van der Waals surface area contributed by atoms with Crippen molar-refractivity contribution in [2.75, 3.05) is 0 Å². The lowest BCUT2D eigenvalue weighted by Crippen LogP contribution is -1.96. The minimum absolute atomic E-state index is 0.253. The van der Waals surface area contributed by atoms with Crippen molar-refractivity contribution in [3.8, 4) is 17.1 Å². The van der Waals surface area contributed by atoms with Crippen LogP contribution >= 0.6 is 15.9 Å². The third kappa shape index (κ3) is 3.36. The molecule has 0 N–H and O–H groups in total. The van der Waals surface area contributed by atoms with Gasteiger partial charge in [0.15, 0.2) is 6.61 Å². The van der Waals surface area contributed by atoms with Gasteiger partial charge in [-0.25, -0.2) is 0 Å². The maximum atomic E-state index is 5.70. The van der Waals surface area contributed by atoms with Crippen LogP contribution in [0.2, 0.25) is 0 Å². The third-order valence-corrected chi connectivity index (χ3v) is 3.88. The summed E-state index contributed by atoms with van der Waals surface area (Å²) in [5.41, 5.74) is 3.33. The monoisotopic (exact) mass is 358 g/mol. The molecule has 0 atom stereocenters. The van der Waals surface area contributed by atoms with Crippen molar-refractivity contribution < 1.29 is 9.26 Å². The van der Waals surface area contributed by atoms with Crippen molar-refractivity contribution in [3.63, 3.8) is 0 Å². The van der Waals surface area contributed by atoms with Crippen molar-refractivity contribution in [1.29, 1.82) is 0 Å². The molecule has 0 aliphatic carbocycles. The largest absolute Gasteiger partial charge is 0.484 e. The molecule has 1 heterocycles. The van der Waals surface area contributed by atoms with Crippen LogP contribution < -0.4 is 4.74 Å². The van der Waals surface area contributed by atoms with E-state index in [0.29, 0.717) is 11.7 Å². The van der Waals surface area contributed by atoms with Crippen LogP contribution in [0.5, 0.6) is 5.75 Å². The number of hydrogen-bond acceptors (Lipinski definition) is 4. The normalized spacial score (nSPS) is 10.7. The van der Waals surface area contributed by atoms with Crippen LogP contribution in [0.15, 0.2) is 51.5 Å². The second-order valence-corrected chi connectivity index (χ2v) is 5.97. The molecule has 112 valence electrons. The van der Waals surface area contributed by atoms with E-state index in [-0.39, 0.29) is 6.61 Å². The van der Waals surface area contributed by atoms with Gasteiger partial charge in [-0.1, -0.05) is 39.3 Å². The summed E-state index contributed by atoms with van der Waals surface area (Å²) in [6.07, 6.45) is 0. The highest BCUT2D eigenvalue weighted by Gasteiger charge is 2.09. The van der Waals surface area contributed by atoms with Crippen LogP contribution in [0.25, 0.3) is 11.4 Å². The van der Waals surface area contributed by atoms with Crippen LogP contribution in [0.1, 0.15) is 17.0 Å². The van der Waals surface area contributed by atoms with Gasteiger partial charge in [-0.2, -0.15) is 4.98 Å². The number of benzene rings is 2. The van der Waals surface area contributed by atoms with E-state index in [1.807, 2.05) is 42.5 Å². The van der Waals surface area contributed by atoms with Gasteiger partial charge < -0.3 is 9.26 Å². The summed E-state index contributed by atoms with van der Waals surface area (Å²) >= 11 is 3.43. The maximum Gasteiger partial charge on any atom is 0.264 e. The van der Waals surface area contributed by atoms with Gasteiger partial charge in [-0.05, 0) is 49.2 Å². The topological polar surface area (TPSA) is 48.2 Å². The molecule has 1 aromatic heterocycles. The summed E-state index contributed by atoms with van der Waals surface area (Å²) in [6.45, 7) is 4.38.